The highest BCUT2D eigenvalue weighted by Gasteiger charge is 2.20. The quantitative estimate of drug-likeness (QED) is 0.828. The van der Waals surface area contributed by atoms with Gasteiger partial charge >= 0.3 is 5.97 Å². The molecule has 0 aromatic carbocycles. The van der Waals surface area contributed by atoms with Crippen LogP contribution in [0.3, 0.4) is 0 Å². The van der Waals surface area contributed by atoms with E-state index in [1.54, 1.807) is 12.1 Å². The number of carboxylic acids is 1. The zero-order chi connectivity index (χ0) is 13.1. The van der Waals surface area contributed by atoms with Gasteiger partial charge in [0.1, 0.15) is 11.4 Å². The first-order chi connectivity index (χ1) is 8.63. The van der Waals surface area contributed by atoms with Crippen LogP contribution < -0.4 is 4.90 Å². The number of hydrogen-bond donors (Lipinski definition) is 1. The van der Waals surface area contributed by atoms with Gasteiger partial charge in [-0.15, -0.1) is 6.58 Å². The highest BCUT2D eigenvalue weighted by atomic mass is 16.4. The molecule has 0 atom stereocenters. The molecule has 2 rings (SSSR count). The molecule has 0 radical (unpaired) electrons. The monoisotopic (exact) mass is 246 g/mol. The van der Waals surface area contributed by atoms with Gasteiger partial charge in [0, 0.05) is 19.3 Å². The summed E-state index contributed by atoms with van der Waals surface area (Å²) >= 11 is 0. The van der Waals surface area contributed by atoms with Crippen molar-refractivity contribution in [1.82, 2.24) is 4.98 Å². The van der Waals surface area contributed by atoms with E-state index in [2.05, 4.69) is 11.6 Å². The second-order valence-corrected chi connectivity index (χ2v) is 4.65. The Balaban J connectivity index is 2.48. The second kappa shape index (κ2) is 5.21. The molecule has 0 aliphatic heterocycles. The predicted molar refractivity (Wildman–Crippen MR) is 71.3 cm³/mol. The van der Waals surface area contributed by atoms with Crippen molar-refractivity contribution < 1.29 is 9.90 Å². The van der Waals surface area contributed by atoms with Crippen molar-refractivity contribution in [3.8, 4) is 0 Å². The second-order valence-electron chi connectivity index (χ2n) is 4.65. The van der Waals surface area contributed by atoms with Crippen LogP contribution in [-0.2, 0) is 12.8 Å². The van der Waals surface area contributed by atoms with Crippen molar-refractivity contribution in [3.63, 3.8) is 0 Å². The third-order valence-corrected chi connectivity index (χ3v) is 3.28. The van der Waals surface area contributed by atoms with Crippen LogP contribution in [0.15, 0.2) is 18.7 Å². The van der Waals surface area contributed by atoms with Gasteiger partial charge in [-0.2, -0.15) is 0 Å². The van der Waals surface area contributed by atoms with Crippen molar-refractivity contribution in [3.05, 3.63) is 35.5 Å². The third kappa shape index (κ3) is 2.37. The van der Waals surface area contributed by atoms with Crippen molar-refractivity contribution >= 4 is 11.8 Å². The van der Waals surface area contributed by atoms with E-state index < -0.39 is 5.97 Å². The van der Waals surface area contributed by atoms with Gasteiger partial charge < -0.3 is 10.0 Å². The fourth-order valence-electron chi connectivity index (χ4n) is 2.35. The minimum atomic E-state index is -0.915. The van der Waals surface area contributed by atoms with Crippen LogP contribution in [0.25, 0.3) is 0 Å². The highest BCUT2D eigenvalue weighted by Crippen LogP contribution is 2.26. The van der Waals surface area contributed by atoms with Crippen LogP contribution in [0.2, 0.25) is 0 Å². The van der Waals surface area contributed by atoms with E-state index in [0.29, 0.717) is 17.9 Å². The maximum absolute atomic E-state index is 11.3. The summed E-state index contributed by atoms with van der Waals surface area (Å²) in [6, 6.07) is 1.79. The van der Waals surface area contributed by atoms with E-state index in [0.717, 1.165) is 36.9 Å². The zero-order valence-corrected chi connectivity index (χ0v) is 10.6. The summed E-state index contributed by atoms with van der Waals surface area (Å²) in [5.41, 5.74) is 2.44. The molecule has 1 aromatic rings. The number of aryl methyl sites for hydroxylation is 2. The molecule has 0 amide bonds. The van der Waals surface area contributed by atoms with Crippen molar-refractivity contribution in [2.24, 2.45) is 0 Å². The van der Waals surface area contributed by atoms with Crippen molar-refractivity contribution in [2.75, 3.05) is 18.5 Å². The zero-order valence-electron chi connectivity index (χ0n) is 10.6. The van der Waals surface area contributed by atoms with Crippen LogP contribution in [0.1, 0.15) is 34.5 Å². The van der Waals surface area contributed by atoms with Gasteiger partial charge in [-0.1, -0.05) is 6.08 Å². The number of fused-ring (bicyclic) bond motifs is 1. The molecule has 1 aliphatic carbocycles. The summed E-state index contributed by atoms with van der Waals surface area (Å²) in [6.07, 6.45) is 5.89. The van der Waals surface area contributed by atoms with E-state index in [1.165, 1.54) is 0 Å². The first-order valence-electron chi connectivity index (χ1n) is 6.21. The summed E-state index contributed by atoms with van der Waals surface area (Å²) < 4.78 is 0. The lowest BCUT2D eigenvalue weighted by atomic mass is 9.94. The van der Waals surface area contributed by atoms with Gasteiger partial charge in [-0.25, -0.2) is 9.78 Å². The predicted octanol–water partition coefficient (Wildman–Crippen LogP) is 2.28. The topological polar surface area (TPSA) is 53.4 Å². The molecule has 1 N–H and O–H groups in total. The Morgan fingerprint density at radius 2 is 2.28 bits per heavy atom. The smallest absolute Gasteiger partial charge is 0.339 e. The molecule has 0 bridgehead atoms. The minimum Gasteiger partial charge on any atom is -0.478 e. The van der Waals surface area contributed by atoms with Crippen molar-refractivity contribution in [2.45, 2.75) is 25.7 Å². The number of pyridine rings is 1. The Morgan fingerprint density at radius 1 is 1.56 bits per heavy atom. The molecule has 0 unspecified atom stereocenters. The van der Waals surface area contributed by atoms with Crippen molar-refractivity contribution in [1.29, 1.82) is 0 Å². The lowest BCUT2D eigenvalue weighted by molar-refractivity contribution is 0.0697. The number of anilines is 1. The van der Waals surface area contributed by atoms with Gasteiger partial charge in [0.2, 0.25) is 0 Å². The Bertz CT molecular complexity index is 483. The number of likely N-dealkylation sites (N-methyl/N-ethyl adjacent to an activating group) is 1. The van der Waals surface area contributed by atoms with E-state index in [4.69, 9.17) is 0 Å². The fraction of sp³-hybridized carbons (Fsp3) is 0.429. The summed E-state index contributed by atoms with van der Waals surface area (Å²) in [5.74, 6) is -0.371. The lowest BCUT2D eigenvalue weighted by Gasteiger charge is -2.22. The normalized spacial score (nSPS) is 13.8. The molecule has 0 fully saturated rings. The van der Waals surface area contributed by atoms with Gasteiger partial charge in [-0.3, -0.25) is 0 Å². The molecule has 4 nitrogen and oxygen atoms in total. The number of rotatable bonds is 4. The van der Waals surface area contributed by atoms with Crippen LogP contribution in [0.5, 0.6) is 0 Å². The van der Waals surface area contributed by atoms with Crippen LogP contribution in [0.4, 0.5) is 5.82 Å². The molecule has 1 aromatic heterocycles. The van der Waals surface area contributed by atoms with E-state index >= 15 is 0 Å². The molecule has 18 heavy (non-hydrogen) atoms. The first kappa shape index (κ1) is 12.6. The standard InChI is InChI=1S/C14H18N2O2/c1-3-8-16(2)13-11(14(17)18)9-10-6-4-5-7-12(10)15-13/h3,9H,1,4-8H2,2H3,(H,17,18). The maximum Gasteiger partial charge on any atom is 0.339 e. The maximum atomic E-state index is 11.3. The number of carboxylic acid groups (broad SMARTS) is 1. The Morgan fingerprint density at radius 3 is 2.94 bits per heavy atom. The summed E-state index contributed by atoms with van der Waals surface area (Å²) in [4.78, 5) is 17.7. The van der Waals surface area contributed by atoms with E-state index in [1.807, 2.05) is 11.9 Å². The SMILES string of the molecule is C=CCN(C)c1nc2c(cc1C(=O)O)CCCC2. The summed E-state index contributed by atoms with van der Waals surface area (Å²) in [5, 5.41) is 9.29. The molecular formula is C14H18N2O2. The first-order valence-corrected chi connectivity index (χ1v) is 6.21. The molecular weight excluding hydrogens is 228 g/mol. The summed E-state index contributed by atoms with van der Waals surface area (Å²) in [7, 11) is 1.84. The Hall–Kier alpha value is -1.84. The number of carbonyl (C=O) groups is 1. The largest absolute Gasteiger partial charge is 0.478 e. The van der Waals surface area contributed by atoms with E-state index in [-0.39, 0.29) is 0 Å². The molecule has 1 aliphatic rings. The average Bonchev–Trinajstić information content (AvgIpc) is 2.37. The Kier molecular flexibility index (Phi) is 3.65. The number of nitrogens with zero attached hydrogens (tertiary/aromatic N) is 2. The number of aromatic nitrogens is 1. The molecule has 0 spiro atoms. The minimum absolute atomic E-state index is 0.292. The van der Waals surface area contributed by atoms with Gasteiger partial charge in [0.15, 0.2) is 0 Å². The van der Waals surface area contributed by atoms with Crippen LogP contribution in [0, 0.1) is 0 Å². The third-order valence-electron chi connectivity index (χ3n) is 3.28. The molecule has 4 heteroatoms. The van der Waals surface area contributed by atoms with Gasteiger partial charge in [0.25, 0.3) is 0 Å². The molecule has 0 saturated heterocycles. The summed E-state index contributed by atoms with van der Waals surface area (Å²) in [6.45, 7) is 4.26. The highest BCUT2D eigenvalue weighted by molar-refractivity contribution is 5.93. The average molecular weight is 246 g/mol. The molecule has 96 valence electrons. The van der Waals surface area contributed by atoms with Crippen LogP contribution >= 0.6 is 0 Å². The fourth-order valence-corrected chi connectivity index (χ4v) is 2.35. The molecule has 1 heterocycles. The number of hydrogen-bond acceptors (Lipinski definition) is 3. The van der Waals surface area contributed by atoms with Crippen LogP contribution in [-0.4, -0.2) is 29.7 Å². The Labute approximate surface area is 107 Å². The van der Waals surface area contributed by atoms with E-state index in [9.17, 15) is 9.90 Å². The number of aromatic carboxylic acids is 1. The lowest BCUT2D eigenvalue weighted by Crippen LogP contribution is -2.23. The molecule has 0 saturated carbocycles. The van der Waals surface area contributed by atoms with Gasteiger partial charge in [0.05, 0.1) is 0 Å². The van der Waals surface area contributed by atoms with Gasteiger partial charge in [-0.05, 0) is 37.3 Å².